The second-order valence-corrected chi connectivity index (χ2v) is 9.77. The maximum absolute atomic E-state index is 12.3. The number of carbonyl (C=O) groups excluding carboxylic acids is 1. The van der Waals surface area contributed by atoms with E-state index in [4.69, 9.17) is 4.74 Å². The first-order chi connectivity index (χ1) is 12.2. The Hall–Kier alpha value is -1.07. The minimum absolute atomic E-state index is 0.167. The maximum atomic E-state index is 12.3. The number of benzene rings is 1. The highest BCUT2D eigenvalue weighted by Gasteiger charge is 2.44. The summed E-state index contributed by atoms with van der Waals surface area (Å²) in [6.45, 7) is 11.7. The summed E-state index contributed by atoms with van der Waals surface area (Å²) in [5.74, 6) is 0. The van der Waals surface area contributed by atoms with Gasteiger partial charge in [0.2, 0.25) is 0 Å². The Kier molecular flexibility index (Phi) is 5.69. The third-order valence-electron chi connectivity index (χ3n) is 5.56. The number of aryl methyl sites for hydroxylation is 1. The molecule has 26 heavy (non-hydrogen) atoms. The molecule has 1 aromatic carbocycles. The van der Waals surface area contributed by atoms with Crippen LogP contribution in [0.5, 0.6) is 0 Å². The van der Waals surface area contributed by atoms with Crippen molar-refractivity contribution < 1.29 is 9.53 Å². The number of rotatable bonds is 2. The van der Waals surface area contributed by atoms with Crippen LogP contribution in [0, 0.1) is 6.92 Å². The molecule has 0 N–H and O–H groups in total. The zero-order valence-electron chi connectivity index (χ0n) is 16.5. The molecule has 3 rings (SSSR count). The van der Waals surface area contributed by atoms with Gasteiger partial charge in [-0.25, -0.2) is 4.79 Å². The quantitative estimate of drug-likeness (QED) is 0.662. The van der Waals surface area contributed by atoms with E-state index in [0.29, 0.717) is 0 Å². The van der Waals surface area contributed by atoms with Crippen LogP contribution in [0.15, 0.2) is 22.7 Å². The van der Waals surface area contributed by atoms with Gasteiger partial charge in [0, 0.05) is 29.6 Å². The molecule has 0 saturated carbocycles. The normalized spacial score (nSPS) is 20.6. The van der Waals surface area contributed by atoms with Gasteiger partial charge in [-0.2, -0.15) is 0 Å². The molecule has 2 fully saturated rings. The van der Waals surface area contributed by atoms with Crippen LogP contribution in [0.4, 0.5) is 4.79 Å². The van der Waals surface area contributed by atoms with Gasteiger partial charge in [-0.1, -0.05) is 22.0 Å². The predicted molar refractivity (Wildman–Crippen MR) is 108 cm³/mol. The smallest absolute Gasteiger partial charge is 0.410 e. The molecule has 144 valence electrons. The Bertz CT molecular complexity index is 640. The molecule has 0 aliphatic carbocycles. The van der Waals surface area contributed by atoms with Crippen LogP contribution in [0.25, 0.3) is 0 Å². The lowest BCUT2D eigenvalue weighted by atomic mass is 9.85. The van der Waals surface area contributed by atoms with Crippen molar-refractivity contribution in [2.75, 3.05) is 19.6 Å². The van der Waals surface area contributed by atoms with E-state index in [-0.39, 0.29) is 11.6 Å². The van der Waals surface area contributed by atoms with E-state index in [1.54, 1.807) is 0 Å². The van der Waals surface area contributed by atoms with E-state index >= 15 is 0 Å². The van der Waals surface area contributed by atoms with E-state index in [1.807, 2.05) is 25.7 Å². The van der Waals surface area contributed by atoms with Crippen molar-refractivity contribution >= 4 is 22.0 Å². The minimum Gasteiger partial charge on any atom is -0.444 e. The zero-order chi connectivity index (χ0) is 18.9. The topological polar surface area (TPSA) is 32.8 Å². The fourth-order valence-corrected chi connectivity index (χ4v) is 5.02. The molecule has 0 radical (unpaired) electrons. The summed E-state index contributed by atoms with van der Waals surface area (Å²) in [6, 6.07) is 6.67. The van der Waals surface area contributed by atoms with Gasteiger partial charge in [0.25, 0.3) is 0 Å². The van der Waals surface area contributed by atoms with Crippen LogP contribution in [-0.4, -0.2) is 46.7 Å². The first-order valence-corrected chi connectivity index (χ1v) is 10.5. The number of ether oxygens (including phenoxy) is 1. The molecule has 2 saturated heterocycles. The number of amides is 1. The molecule has 0 unspecified atom stereocenters. The summed E-state index contributed by atoms with van der Waals surface area (Å²) >= 11 is 3.62. The van der Waals surface area contributed by atoms with Crippen molar-refractivity contribution in [3.05, 3.63) is 33.8 Å². The third kappa shape index (κ3) is 4.61. The van der Waals surface area contributed by atoms with Crippen molar-refractivity contribution in [1.29, 1.82) is 0 Å². The van der Waals surface area contributed by atoms with Crippen LogP contribution in [0.1, 0.15) is 57.6 Å². The SMILES string of the molecule is Cc1cc(Br)cc(CN2CCCC23CCN(C(=O)OC(C)(C)C)CC3)c1. The van der Waals surface area contributed by atoms with Gasteiger partial charge in [-0.05, 0) is 83.2 Å². The highest BCUT2D eigenvalue weighted by molar-refractivity contribution is 9.10. The van der Waals surface area contributed by atoms with Crippen molar-refractivity contribution in [2.45, 2.75) is 71.1 Å². The summed E-state index contributed by atoms with van der Waals surface area (Å²) in [6.07, 6.45) is 4.40. The van der Waals surface area contributed by atoms with Crippen molar-refractivity contribution in [3.63, 3.8) is 0 Å². The first kappa shape index (κ1) is 19.7. The summed E-state index contributed by atoms with van der Waals surface area (Å²) in [5.41, 5.74) is 2.48. The number of nitrogens with zero attached hydrogens (tertiary/aromatic N) is 2. The van der Waals surface area contributed by atoms with Crippen LogP contribution in [-0.2, 0) is 11.3 Å². The number of halogens is 1. The Morgan fingerprint density at radius 1 is 1.15 bits per heavy atom. The second kappa shape index (κ2) is 7.51. The lowest BCUT2D eigenvalue weighted by Crippen LogP contribution is -2.53. The molecule has 0 bridgehead atoms. The van der Waals surface area contributed by atoms with Crippen LogP contribution in [0.3, 0.4) is 0 Å². The van der Waals surface area contributed by atoms with Crippen LogP contribution < -0.4 is 0 Å². The summed E-state index contributed by atoms with van der Waals surface area (Å²) in [4.78, 5) is 16.9. The summed E-state index contributed by atoms with van der Waals surface area (Å²) in [5, 5.41) is 0. The van der Waals surface area contributed by atoms with Gasteiger partial charge in [0.05, 0.1) is 0 Å². The number of hydrogen-bond acceptors (Lipinski definition) is 3. The molecule has 2 aliphatic heterocycles. The molecule has 1 spiro atoms. The molecule has 4 nitrogen and oxygen atoms in total. The minimum atomic E-state index is -0.426. The van der Waals surface area contributed by atoms with Gasteiger partial charge in [0.1, 0.15) is 5.60 Å². The standard InChI is InChI=1S/C21H31BrN2O2/c1-16-12-17(14-18(22)13-16)15-24-9-5-6-21(24)7-10-23(11-8-21)19(25)26-20(2,3)4/h12-14H,5-11,15H2,1-4H3. The van der Waals surface area contributed by atoms with Gasteiger partial charge < -0.3 is 9.64 Å². The highest BCUT2D eigenvalue weighted by Crippen LogP contribution is 2.39. The van der Waals surface area contributed by atoms with E-state index in [1.165, 1.54) is 24.0 Å². The van der Waals surface area contributed by atoms with Crippen LogP contribution >= 0.6 is 15.9 Å². The average molecular weight is 423 g/mol. The third-order valence-corrected chi connectivity index (χ3v) is 6.02. The Morgan fingerprint density at radius 3 is 2.46 bits per heavy atom. The zero-order valence-corrected chi connectivity index (χ0v) is 18.1. The molecule has 0 aromatic heterocycles. The fourth-order valence-electron chi connectivity index (χ4n) is 4.36. The molecule has 2 aliphatic rings. The molecular formula is C21H31BrN2O2. The maximum Gasteiger partial charge on any atom is 0.410 e. The Morgan fingerprint density at radius 2 is 1.85 bits per heavy atom. The summed E-state index contributed by atoms with van der Waals surface area (Å²) in [7, 11) is 0. The van der Waals surface area contributed by atoms with Gasteiger partial charge in [-0.15, -0.1) is 0 Å². The number of likely N-dealkylation sites (tertiary alicyclic amines) is 2. The van der Waals surface area contributed by atoms with E-state index in [9.17, 15) is 4.79 Å². The lowest BCUT2D eigenvalue weighted by molar-refractivity contribution is 0.00164. The summed E-state index contributed by atoms with van der Waals surface area (Å²) < 4.78 is 6.70. The predicted octanol–water partition coefficient (Wildman–Crippen LogP) is 5.12. The highest BCUT2D eigenvalue weighted by atomic mass is 79.9. The molecule has 5 heteroatoms. The largest absolute Gasteiger partial charge is 0.444 e. The molecule has 2 heterocycles. The molecule has 1 amide bonds. The van der Waals surface area contributed by atoms with E-state index in [2.05, 4.69) is 46.0 Å². The average Bonchev–Trinajstić information content (AvgIpc) is 2.87. The Labute approximate surface area is 166 Å². The monoisotopic (exact) mass is 422 g/mol. The van der Waals surface area contributed by atoms with Gasteiger partial charge in [0.15, 0.2) is 0 Å². The Balaban J connectivity index is 1.64. The van der Waals surface area contributed by atoms with Gasteiger partial charge in [-0.3, -0.25) is 4.90 Å². The molecular weight excluding hydrogens is 392 g/mol. The molecule has 1 aromatic rings. The lowest BCUT2D eigenvalue weighted by Gasteiger charge is -2.45. The fraction of sp³-hybridized carbons (Fsp3) is 0.667. The van der Waals surface area contributed by atoms with Gasteiger partial charge >= 0.3 is 6.09 Å². The van der Waals surface area contributed by atoms with Crippen molar-refractivity contribution in [1.82, 2.24) is 9.80 Å². The van der Waals surface area contributed by atoms with Crippen molar-refractivity contribution in [3.8, 4) is 0 Å². The van der Waals surface area contributed by atoms with Crippen LogP contribution in [0.2, 0.25) is 0 Å². The van der Waals surface area contributed by atoms with E-state index < -0.39 is 5.60 Å². The van der Waals surface area contributed by atoms with E-state index in [0.717, 1.165) is 43.5 Å². The first-order valence-electron chi connectivity index (χ1n) is 9.66. The number of piperidine rings is 1. The van der Waals surface area contributed by atoms with Crippen molar-refractivity contribution in [2.24, 2.45) is 0 Å². The second-order valence-electron chi connectivity index (χ2n) is 8.85. The molecule has 0 atom stereocenters. The number of hydrogen-bond donors (Lipinski definition) is 0. The number of carbonyl (C=O) groups is 1.